The molecule has 0 saturated heterocycles. The van der Waals surface area contributed by atoms with Crippen LogP contribution in [-0.2, 0) is 6.42 Å². The van der Waals surface area contributed by atoms with E-state index in [2.05, 4.69) is 86.5 Å². The second-order valence-corrected chi connectivity index (χ2v) is 7.11. The van der Waals surface area contributed by atoms with E-state index < -0.39 is 0 Å². The van der Waals surface area contributed by atoms with E-state index in [1.807, 2.05) is 0 Å². The van der Waals surface area contributed by atoms with Gasteiger partial charge in [-0.3, -0.25) is 4.48 Å². The number of quaternary nitrogens is 1. The third kappa shape index (κ3) is 3.73. The fourth-order valence-corrected chi connectivity index (χ4v) is 4.84. The highest BCUT2D eigenvalue weighted by molar-refractivity contribution is 14.1. The molecule has 1 atom stereocenters. The van der Waals surface area contributed by atoms with Crippen LogP contribution in [0.1, 0.15) is 33.3 Å². The van der Waals surface area contributed by atoms with Gasteiger partial charge in [0.15, 0.2) is 0 Å². The molecule has 0 saturated carbocycles. The minimum Gasteiger partial charge on any atom is -0.299 e. The Bertz CT molecular complexity index is 409. The van der Waals surface area contributed by atoms with E-state index in [1.54, 1.807) is 0 Å². The van der Waals surface area contributed by atoms with Crippen molar-refractivity contribution in [3.8, 4) is 12.3 Å². The summed E-state index contributed by atoms with van der Waals surface area (Å²) in [6.45, 7) is 9.94. The number of terminal acetylenes is 1. The molecule has 1 rings (SSSR count). The Balaban J connectivity index is 3.01. The van der Waals surface area contributed by atoms with E-state index in [0.717, 1.165) is 17.4 Å². The lowest BCUT2D eigenvalue weighted by Gasteiger charge is -2.48. The van der Waals surface area contributed by atoms with Gasteiger partial charge in [0, 0.05) is 6.42 Å². The monoisotopic (exact) mass is 370 g/mol. The molecule has 0 aliphatic rings. The van der Waals surface area contributed by atoms with Gasteiger partial charge in [-0.05, 0) is 61.8 Å². The molecule has 0 heterocycles. The van der Waals surface area contributed by atoms with Crippen LogP contribution in [0.15, 0.2) is 30.3 Å². The Hall–Kier alpha value is -0.530. The second-order valence-electron chi connectivity index (χ2n) is 5.67. The highest BCUT2D eigenvalue weighted by Gasteiger charge is 2.40. The molecule has 0 aliphatic heterocycles. The van der Waals surface area contributed by atoms with Gasteiger partial charge in [-0.2, -0.15) is 0 Å². The molecule has 0 spiro atoms. The molecular weight excluding hydrogens is 345 g/mol. The quantitative estimate of drug-likeness (QED) is 0.231. The minimum atomic E-state index is 0.496. The Kier molecular flexibility index (Phi) is 6.35. The van der Waals surface area contributed by atoms with Crippen LogP contribution in [0.2, 0.25) is 0 Å². The van der Waals surface area contributed by atoms with Gasteiger partial charge < -0.3 is 0 Å². The molecule has 2 heteroatoms. The maximum absolute atomic E-state index is 5.65. The van der Waals surface area contributed by atoms with Crippen LogP contribution in [0, 0.1) is 12.3 Å². The summed E-state index contributed by atoms with van der Waals surface area (Å²) in [5.41, 5.74) is 1.39. The molecule has 0 N–H and O–H groups in total. The van der Waals surface area contributed by atoms with Crippen molar-refractivity contribution in [2.24, 2.45) is 0 Å². The first kappa shape index (κ1) is 16.5. The molecule has 19 heavy (non-hydrogen) atoms. The van der Waals surface area contributed by atoms with Crippen LogP contribution in [-0.4, -0.2) is 27.2 Å². The van der Waals surface area contributed by atoms with Gasteiger partial charge >= 0.3 is 0 Å². The van der Waals surface area contributed by atoms with Gasteiger partial charge in [-0.1, -0.05) is 30.3 Å². The van der Waals surface area contributed by atoms with E-state index in [9.17, 15) is 0 Å². The number of alkyl halides is 1. The summed E-state index contributed by atoms with van der Waals surface area (Å²) in [5, 5.41) is 0. The van der Waals surface area contributed by atoms with Crippen molar-refractivity contribution >= 4 is 22.6 Å². The van der Waals surface area contributed by atoms with Gasteiger partial charge in [0.25, 0.3) is 0 Å². The first-order valence-electron chi connectivity index (χ1n) is 6.93. The Morgan fingerprint density at radius 3 is 2.05 bits per heavy atom. The fourth-order valence-electron chi connectivity index (χ4n) is 2.84. The summed E-state index contributed by atoms with van der Waals surface area (Å²) in [6.07, 6.45) is 6.72. The Morgan fingerprint density at radius 2 is 1.63 bits per heavy atom. The lowest BCUT2D eigenvalue weighted by Crippen LogP contribution is -2.62. The molecule has 0 bridgehead atoms. The van der Waals surface area contributed by atoms with Crippen molar-refractivity contribution in [2.45, 2.75) is 50.2 Å². The fraction of sp³-hybridized carbons (Fsp3) is 0.529. The van der Waals surface area contributed by atoms with Crippen molar-refractivity contribution in [3.05, 3.63) is 35.9 Å². The number of halogens is 1. The Morgan fingerprint density at radius 1 is 1.11 bits per heavy atom. The molecule has 0 radical (unpaired) electrons. The predicted octanol–water partition coefficient (Wildman–Crippen LogP) is 4.26. The lowest BCUT2D eigenvalue weighted by molar-refractivity contribution is -0.965. The molecule has 0 aromatic heterocycles. The predicted molar refractivity (Wildman–Crippen MR) is 92.2 cm³/mol. The first-order chi connectivity index (χ1) is 8.95. The first-order valence-corrected chi connectivity index (χ1v) is 8.18. The average Bonchev–Trinajstić information content (AvgIpc) is 2.36. The normalized spacial score (nSPS) is 13.6. The summed E-state index contributed by atoms with van der Waals surface area (Å²) < 4.78 is 1.47. The average molecular weight is 370 g/mol. The van der Waals surface area contributed by atoms with Gasteiger partial charge in [0.1, 0.15) is 10.6 Å². The van der Waals surface area contributed by atoms with E-state index in [-0.39, 0.29) is 0 Å². The molecule has 1 unspecified atom stereocenters. The summed E-state index contributed by atoms with van der Waals surface area (Å²) in [5.74, 6) is 2.91. The summed E-state index contributed by atoms with van der Waals surface area (Å²) in [4.78, 5) is 0. The smallest absolute Gasteiger partial charge is 0.144 e. The molecule has 0 amide bonds. The van der Waals surface area contributed by atoms with Gasteiger partial charge in [-0.25, -0.2) is 0 Å². The van der Waals surface area contributed by atoms with E-state index >= 15 is 0 Å². The summed E-state index contributed by atoms with van der Waals surface area (Å²) in [6, 6.07) is 11.8. The molecular formula is C17H25IN+. The van der Waals surface area contributed by atoms with Crippen molar-refractivity contribution < 1.29 is 4.48 Å². The van der Waals surface area contributed by atoms with Crippen LogP contribution in [0.4, 0.5) is 0 Å². The molecule has 0 aliphatic carbocycles. The number of nitrogens with zero attached hydrogens (tertiary/aromatic N) is 1. The molecule has 1 aromatic carbocycles. The number of benzene rings is 1. The van der Waals surface area contributed by atoms with Crippen molar-refractivity contribution in [1.29, 1.82) is 0 Å². The van der Waals surface area contributed by atoms with Crippen LogP contribution >= 0.6 is 22.6 Å². The minimum absolute atomic E-state index is 0.496. The van der Waals surface area contributed by atoms with Crippen LogP contribution in [0.5, 0.6) is 0 Å². The van der Waals surface area contributed by atoms with E-state index in [0.29, 0.717) is 16.1 Å². The van der Waals surface area contributed by atoms with Crippen molar-refractivity contribution in [2.75, 3.05) is 6.54 Å². The zero-order valence-electron chi connectivity index (χ0n) is 12.4. The highest BCUT2D eigenvalue weighted by Crippen LogP contribution is 2.30. The summed E-state index contributed by atoms with van der Waals surface area (Å²) in [7, 11) is 0. The zero-order valence-corrected chi connectivity index (χ0v) is 14.6. The molecule has 104 valence electrons. The van der Waals surface area contributed by atoms with Crippen LogP contribution in [0.25, 0.3) is 0 Å². The number of rotatable bonds is 6. The van der Waals surface area contributed by atoms with Crippen LogP contribution in [0.3, 0.4) is 0 Å². The second kappa shape index (κ2) is 7.31. The molecule has 1 nitrogen and oxygen atoms in total. The SMILES string of the molecule is C#CC[N+](C(C)C)(C(C)C)C(I)Cc1ccccc1. The highest BCUT2D eigenvalue weighted by atomic mass is 127. The van der Waals surface area contributed by atoms with E-state index in [4.69, 9.17) is 6.42 Å². The number of hydrogen-bond acceptors (Lipinski definition) is 0. The van der Waals surface area contributed by atoms with Gasteiger partial charge in [-0.15, -0.1) is 6.42 Å². The Labute approximate surface area is 132 Å². The van der Waals surface area contributed by atoms with Crippen LogP contribution < -0.4 is 0 Å². The topological polar surface area (TPSA) is 0 Å². The summed E-state index contributed by atoms with van der Waals surface area (Å²) >= 11 is 2.59. The van der Waals surface area contributed by atoms with Crippen molar-refractivity contribution in [1.82, 2.24) is 0 Å². The number of hydrogen-bond donors (Lipinski definition) is 0. The van der Waals surface area contributed by atoms with Gasteiger partial charge in [0.05, 0.1) is 12.1 Å². The third-order valence-corrected chi connectivity index (χ3v) is 5.53. The lowest BCUT2D eigenvalue weighted by atomic mass is 10.1. The molecule has 1 aromatic rings. The maximum Gasteiger partial charge on any atom is 0.144 e. The largest absolute Gasteiger partial charge is 0.299 e. The maximum atomic E-state index is 5.65. The van der Waals surface area contributed by atoms with Crippen molar-refractivity contribution in [3.63, 3.8) is 0 Å². The zero-order chi connectivity index (χ0) is 14.5. The standard InChI is InChI=1S/C17H25IN/c1-6-12-19(14(2)3,15(4)5)17(18)13-16-10-8-7-9-11-16/h1,7-11,14-15,17H,12-13H2,2-5H3/q+1. The van der Waals surface area contributed by atoms with Gasteiger partial charge in [0.2, 0.25) is 0 Å². The van der Waals surface area contributed by atoms with E-state index in [1.165, 1.54) is 5.56 Å². The molecule has 0 fully saturated rings. The third-order valence-electron chi connectivity index (χ3n) is 4.06.